The Morgan fingerprint density at radius 3 is 2.48 bits per heavy atom. The number of hydrogen-bond acceptors (Lipinski definition) is 5. The maximum absolute atomic E-state index is 11.3. The van der Waals surface area contributed by atoms with Crippen LogP contribution in [0.2, 0.25) is 0 Å². The lowest BCUT2D eigenvalue weighted by molar-refractivity contribution is -0.396. The number of hydrogen-bond donors (Lipinski definition) is 2. The molecule has 0 aliphatic carbocycles. The van der Waals surface area contributed by atoms with E-state index >= 15 is 0 Å². The van der Waals surface area contributed by atoms with E-state index in [0.717, 1.165) is 12.8 Å². The molecule has 0 bridgehead atoms. The summed E-state index contributed by atoms with van der Waals surface area (Å²) in [6, 6.07) is 5.67. The minimum atomic E-state index is -1.96. The van der Waals surface area contributed by atoms with Gasteiger partial charge in [-0.2, -0.15) is 4.89 Å². The molecule has 0 aliphatic heterocycles. The summed E-state index contributed by atoms with van der Waals surface area (Å²) in [7, 11) is 0. The number of aromatic hydroxyl groups is 1. The zero-order chi connectivity index (χ0) is 15.9. The highest BCUT2D eigenvalue weighted by Crippen LogP contribution is 2.23. The first kappa shape index (κ1) is 17.3. The summed E-state index contributed by atoms with van der Waals surface area (Å²) < 4.78 is 5.30. The highest BCUT2D eigenvalue weighted by molar-refractivity contribution is 5.75. The lowest BCUT2D eigenvalue weighted by Gasteiger charge is -2.25. The van der Waals surface area contributed by atoms with E-state index in [1.807, 2.05) is 6.92 Å². The summed E-state index contributed by atoms with van der Waals surface area (Å²) in [4.78, 5) is 21.3. The number of benzene rings is 1. The molecule has 2 N–H and O–H groups in total. The normalized spacial score (nSPS) is 15.2. The van der Waals surface area contributed by atoms with Crippen LogP contribution in [0.3, 0.4) is 0 Å². The molecule has 6 nitrogen and oxygen atoms in total. The van der Waals surface area contributed by atoms with Crippen molar-refractivity contribution >= 4 is 5.97 Å². The molecule has 0 aromatic heterocycles. The Kier molecular flexibility index (Phi) is 6.45. The van der Waals surface area contributed by atoms with Gasteiger partial charge < -0.3 is 14.9 Å². The zero-order valence-corrected chi connectivity index (χ0v) is 12.5. The van der Waals surface area contributed by atoms with Crippen molar-refractivity contribution in [3.8, 4) is 11.5 Å². The zero-order valence-electron chi connectivity index (χ0n) is 12.5. The van der Waals surface area contributed by atoms with Crippen molar-refractivity contribution in [2.45, 2.75) is 39.4 Å². The van der Waals surface area contributed by atoms with Gasteiger partial charge >= 0.3 is 11.8 Å². The molecule has 0 radical (unpaired) electrons. The van der Waals surface area contributed by atoms with E-state index in [4.69, 9.17) is 14.5 Å². The summed E-state index contributed by atoms with van der Waals surface area (Å²) in [6.07, 6.45) is 1.98. The molecule has 0 fully saturated rings. The van der Waals surface area contributed by atoms with Crippen LogP contribution in [0, 0.1) is 5.92 Å². The molecule has 6 heteroatoms. The van der Waals surface area contributed by atoms with Crippen LogP contribution in [0.4, 0.5) is 0 Å². The molecular weight excluding hydrogens is 276 g/mol. The van der Waals surface area contributed by atoms with Gasteiger partial charge in [-0.1, -0.05) is 20.3 Å². The van der Waals surface area contributed by atoms with Gasteiger partial charge in [-0.05, 0) is 36.6 Å². The van der Waals surface area contributed by atoms with Gasteiger partial charge in [-0.3, -0.25) is 0 Å². The first-order chi connectivity index (χ1) is 9.87. The van der Waals surface area contributed by atoms with Gasteiger partial charge in [0.15, 0.2) is 0 Å². The summed E-state index contributed by atoms with van der Waals surface area (Å²) in [6.45, 7) is 5.60. The minimum Gasteiger partial charge on any atom is -0.508 e. The number of phenolic OH excluding ortho intramolecular Hbond substituents is 1. The van der Waals surface area contributed by atoms with Crippen molar-refractivity contribution in [1.29, 1.82) is 0 Å². The summed E-state index contributed by atoms with van der Waals surface area (Å²) in [5.74, 6) is -2.68. The van der Waals surface area contributed by atoms with E-state index in [9.17, 15) is 15.0 Å². The first-order valence-electron chi connectivity index (χ1n) is 6.89. The molecule has 0 saturated heterocycles. The largest absolute Gasteiger partial charge is 0.508 e. The molecule has 1 aromatic carbocycles. The lowest BCUT2D eigenvalue weighted by atomic mass is 10.1. The van der Waals surface area contributed by atoms with Crippen LogP contribution in [0.15, 0.2) is 24.3 Å². The van der Waals surface area contributed by atoms with E-state index in [2.05, 4.69) is 6.92 Å². The van der Waals surface area contributed by atoms with Gasteiger partial charge in [0.2, 0.25) is 0 Å². The predicted octanol–water partition coefficient (Wildman–Crippen LogP) is 2.96. The van der Waals surface area contributed by atoms with Crippen LogP contribution in [0.25, 0.3) is 0 Å². The van der Waals surface area contributed by atoms with Gasteiger partial charge in [0, 0.05) is 6.92 Å². The van der Waals surface area contributed by atoms with E-state index in [0.29, 0.717) is 0 Å². The molecule has 2 unspecified atom stereocenters. The van der Waals surface area contributed by atoms with Crippen LogP contribution in [0.1, 0.15) is 33.6 Å². The molecule has 1 rings (SSSR count). The van der Waals surface area contributed by atoms with Crippen molar-refractivity contribution < 1.29 is 29.5 Å². The highest BCUT2D eigenvalue weighted by atomic mass is 17.2. The smallest absolute Gasteiger partial charge is 0.379 e. The van der Waals surface area contributed by atoms with E-state index < -0.39 is 11.8 Å². The fourth-order valence-corrected chi connectivity index (χ4v) is 1.67. The number of ether oxygens (including phenoxy) is 1. The number of aliphatic carboxylic acids is 1. The molecular formula is C15H22O6. The molecule has 118 valence electrons. The average Bonchev–Trinajstić information content (AvgIpc) is 2.41. The van der Waals surface area contributed by atoms with Crippen molar-refractivity contribution in [3.63, 3.8) is 0 Å². The summed E-state index contributed by atoms with van der Waals surface area (Å²) in [5.41, 5.74) is 0. The Bertz CT molecular complexity index is 444. The van der Waals surface area contributed by atoms with Crippen LogP contribution in [0.5, 0.6) is 11.5 Å². The number of carboxylic acid groups (broad SMARTS) is 1. The summed E-state index contributed by atoms with van der Waals surface area (Å²) >= 11 is 0. The fraction of sp³-hybridized carbons (Fsp3) is 0.533. The average molecular weight is 298 g/mol. The Morgan fingerprint density at radius 2 is 1.95 bits per heavy atom. The molecule has 2 atom stereocenters. The van der Waals surface area contributed by atoms with Crippen LogP contribution in [-0.2, 0) is 14.6 Å². The third-order valence-corrected chi connectivity index (χ3v) is 2.89. The Morgan fingerprint density at radius 1 is 1.33 bits per heavy atom. The van der Waals surface area contributed by atoms with Crippen molar-refractivity contribution in [3.05, 3.63) is 24.3 Å². The minimum absolute atomic E-state index is 0.0601. The van der Waals surface area contributed by atoms with E-state index in [-0.39, 0.29) is 24.0 Å². The maximum Gasteiger partial charge on any atom is 0.379 e. The van der Waals surface area contributed by atoms with Crippen molar-refractivity contribution in [1.82, 2.24) is 0 Å². The Balaban J connectivity index is 2.61. The quantitative estimate of drug-likeness (QED) is 0.414. The highest BCUT2D eigenvalue weighted by Gasteiger charge is 2.39. The molecule has 0 aliphatic rings. The Hall–Kier alpha value is -1.79. The Labute approximate surface area is 124 Å². The second-order valence-corrected chi connectivity index (χ2v) is 5.11. The van der Waals surface area contributed by atoms with Crippen molar-refractivity contribution in [2.75, 3.05) is 6.61 Å². The van der Waals surface area contributed by atoms with Crippen molar-refractivity contribution in [2.24, 2.45) is 5.92 Å². The molecule has 0 amide bonds. The molecule has 0 spiro atoms. The number of carboxylic acids is 1. The van der Waals surface area contributed by atoms with Gasteiger partial charge in [-0.25, -0.2) is 9.68 Å². The van der Waals surface area contributed by atoms with E-state index in [1.54, 1.807) is 0 Å². The first-order valence-corrected chi connectivity index (χ1v) is 6.89. The fourth-order valence-electron chi connectivity index (χ4n) is 1.67. The number of phenols is 1. The lowest BCUT2D eigenvalue weighted by Crippen LogP contribution is -2.44. The van der Waals surface area contributed by atoms with Gasteiger partial charge in [0.1, 0.15) is 11.5 Å². The molecule has 0 heterocycles. The van der Waals surface area contributed by atoms with Crippen LogP contribution >= 0.6 is 0 Å². The third kappa shape index (κ3) is 5.61. The standard InChI is InChI=1S/C15H22O6/c1-4-5-11(2)10-19-21-15(3,14(17)18)20-13-8-6-12(16)7-9-13/h6-9,11,16H,4-5,10H2,1-3H3,(H,17,18). The number of carbonyl (C=O) groups is 1. The molecule has 21 heavy (non-hydrogen) atoms. The second kappa shape index (κ2) is 7.85. The van der Waals surface area contributed by atoms with Gasteiger partial charge in [0.25, 0.3) is 0 Å². The molecule has 1 aromatic rings. The van der Waals surface area contributed by atoms with Gasteiger partial charge in [0.05, 0.1) is 6.61 Å². The van der Waals surface area contributed by atoms with Crippen LogP contribution < -0.4 is 4.74 Å². The maximum atomic E-state index is 11.3. The monoisotopic (exact) mass is 298 g/mol. The second-order valence-electron chi connectivity index (χ2n) is 5.11. The molecule has 0 saturated carbocycles. The van der Waals surface area contributed by atoms with Crippen LogP contribution in [-0.4, -0.2) is 28.6 Å². The number of rotatable bonds is 9. The topological polar surface area (TPSA) is 85.2 Å². The third-order valence-electron chi connectivity index (χ3n) is 2.89. The van der Waals surface area contributed by atoms with Gasteiger partial charge in [-0.15, -0.1) is 0 Å². The summed E-state index contributed by atoms with van der Waals surface area (Å²) in [5, 5.41) is 18.4. The van der Waals surface area contributed by atoms with E-state index in [1.165, 1.54) is 31.2 Å². The predicted molar refractivity (Wildman–Crippen MR) is 75.9 cm³/mol. The SMILES string of the molecule is CCCC(C)COOC(C)(Oc1ccc(O)cc1)C(=O)O.